The molecule has 6 nitrogen and oxygen atoms in total. The van der Waals surface area contributed by atoms with Crippen molar-refractivity contribution in [1.82, 2.24) is 10.3 Å². The average Bonchev–Trinajstić information content (AvgIpc) is 3.35. The molecule has 0 radical (unpaired) electrons. The van der Waals surface area contributed by atoms with Gasteiger partial charge in [0.15, 0.2) is 11.5 Å². The normalized spacial score (nSPS) is 12.0. The van der Waals surface area contributed by atoms with E-state index in [0.29, 0.717) is 30.2 Å². The molecule has 2 heterocycles. The summed E-state index contributed by atoms with van der Waals surface area (Å²) in [7, 11) is 0. The van der Waals surface area contributed by atoms with Crippen LogP contribution in [0, 0.1) is 0 Å². The Labute approximate surface area is 154 Å². The standard InChI is InChI=1S/C19H16N2O4S/c22-19(20-8-13-4-5-17-18(6-13)25-12-24-17)14-2-1-3-16(7-14)23-9-15-10-26-11-21-15/h1-7,10-11H,8-9,12H2,(H,20,22). The Balaban J connectivity index is 1.36. The van der Waals surface area contributed by atoms with Gasteiger partial charge in [0.2, 0.25) is 6.79 Å². The van der Waals surface area contributed by atoms with E-state index in [1.807, 2.05) is 29.6 Å². The van der Waals surface area contributed by atoms with Crippen molar-refractivity contribution in [1.29, 1.82) is 0 Å². The summed E-state index contributed by atoms with van der Waals surface area (Å²) in [5.74, 6) is 1.90. The molecule has 1 aliphatic rings. The van der Waals surface area contributed by atoms with Crippen molar-refractivity contribution in [2.24, 2.45) is 0 Å². The van der Waals surface area contributed by atoms with Gasteiger partial charge in [-0.3, -0.25) is 4.79 Å². The number of rotatable bonds is 6. The number of nitrogens with zero attached hydrogens (tertiary/aromatic N) is 1. The van der Waals surface area contributed by atoms with E-state index in [1.165, 1.54) is 11.3 Å². The van der Waals surface area contributed by atoms with E-state index >= 15 is 0 Å². The molecule has 132 valence electrons. The largest absolute Gasteiger partial charge is 0.487 e. The molecule has 0 atom stereocenters. The Morgan fingerprint density at radius 1 is 1.19 bits per heavy atom. The maximum atomic E-state index is 12.4. The van der Waals surface area contributed by atoms with Crippen LogP contribution in [0.15, 0.2) is 53.4 Å². The van der Waals surface area contributed by atoms with Crippen LogP contribution in [0.25, 0.3) is 0 Å². The molecule has 0 saturated heterocycles. The first-order valence-corrected chi connectivity index (χ1v) is 8.99. The van der Waals surface area contributed by atoms with Gasteiger partial charge in [-0.25, -0.2) is 4.98 Å². The summed E-state index contributed by atoms with van der Waals surface area (Å²) in [5.41, 5.74) is 4.12. The average molecular weight is 368 g/mol. The molecule has 4 rings (SSSR count). The molecule has 2 aromatic carbocycles. The molecule has 0 bridgehead atoms. The lowest BCUT2D eigenvalue weighted by Gasteiger charge is -2.08. The maximum absolute atomic E-state index is 12.4. The van der Waals surface area contributed by atoms with Gasteiger partial charge in [0.1, 0.15) is 12.4 Å². The summed E-state index contributed by atoms with van der Waals surface area (Å²) in [6.07, 6.45) is 0. The number of aromatic nitrogens is 1. The molecule has 0 unspecified atom stereocenters. The van der Waals surface area contributed by atoms with Gasteiger partial charge in [0.25, 0.3) is 5.91 Å². The van der Waals surface area contributed by atoms with E-state index in [1.54, 1.807) is 23.7 Å². The Kier molecular flexibility index (Phi) is 4.70. The third kappa shape index (κ3) is 3.78. The van der Waals surface area contributed by atoms with Crippen molar-refractivity contribution >= 4 is 17.2 Å². The first-order chi connectivity index (χ1) is 12.8. The summed E-state index contributed by atoms with van der Waals surface area (Å²) < 4.78 is 16.3. The van der Waals surface area contributed by atoms with Crippen molar-refractivity contribution in [3.63, 3.8) is 0 Å². The zero-order chi connectivity index (χ0) is 17.8. The Bertz CT molecular complexity index is 912. The van der Waals surface area contributed by atoms with Crippen molar-refractivity contribution in [2.75, 3.05) is 6.79 Å². The number of hydrogen-bond acceptors (Lipinski definition) is 6. The Morgan fingerprint density at radius 2 is 2.12 bits per heavy atom. The summed E-state index contributed by atoms with van der Waals surface area (Å²) in [4.78, 5) is 16.6. The van der Waals surface area contributed by atoms with Crippen molar-refractivity contribution in [3.8, 4) is 17.2 Å². The van der Waals surface area contributed by atoms with Crippen LogP contribution < -0.4 is 19.5 Å². The fourth-order valence-electron chi connectivity index (χ4n) is 2.53. The Hall–Kier alpha value is -3.06. The van der Waals surface area contributed by atoms with Crippen LogP contribution in [0.1, 0.15) is 21.6 Å². The number of carbonyl (C=O) groups is 1. The quantitative estimate of drug-likeness (QED) is 0.722. The van der Waals surface area contributed by atoms with Crippen LogP contribution in [0.3, 0.4) is 0 Å². The smallest absolute Gasteiger partial charge is 0.251 e. The first-order valence-electron chi connectivity index (χ1n) is 8.04. The number of ether oxygens (including phenoxy) is 3. The molecule has 7 heteroatoms. The third-order valence-corrected chi connectivity index (χ3v) is 4.49. The molecule has 0 saturated carbocycles. The minimum absolute atomic E-state index is 0.165. The molecule has 0 spiro atoms. The zero-order valence-corrected chi connectivity index (χ0v) is 14.6. The molecule has 1 aliphatic heterocycles. The highest BCUT2D eigenvalue weighted by molar-refractivity contribution is 7.07. The first kappa shape index (κ1) is 16.4. The number of nitrogens with one attached hydrogen (secondary N) is 1. The minimum atomic E-state index is -0.165. The van der Waals surface area contributed by atoms with Gasteiger partial charge >= 0.3 is 0 Å². The molecule has 26 heavy (non-hydrogen) atoms. The number of amides is 1. The van der Waals surface area contributed by atoms with Gasteiger partial charge in [-0.05, 0) is 35.9 Å². The molecular weight excluding hydrogens is 352 g/mol. The molecular formula is C19H16N2O4S. The number of carbonyl (C=O) groups excluding carboxylic acids is 1. The van der Waals surface area contributed by atoms with Crippen molar-refractivity contribution in [2.45, 2.75) is 13.2 Å². The van der Waals surface area contributed by atoms with E-state index in [4.69, 9.17) is 14.2 Å². The summed E-state index contributed by atoms with van der Waals surface area (Å²) in [5, 5.41) is 4.83. The third-order valence-electron chi connectivity index (χ3n) is 3.86. The van der Waals surface area contributed by atoms with Crippen LogP contribution in [0.4, 0.5) is 0 Å². The zero-order valence-electron chi connectivity index (χ0n) is 13.8. The second kappa shape index (κ2) is 7.45. The monoisotopic (exact) mass is 368 g/mol. The van der Waals surface area contributed by atoms with E-state index < -0.39 is 0 Å². The SMILES string of the molecule is O=C(NCc1ccc2c(c1)OCO2)c1cccc(OCc2cscn2)c1. The lowest BCUT2D eigenvalue weighted by atomic mass is 10.1. The molecule has 1 N–H and O–H groups in total. The summed E-state index contributed by atoms with van der Waals surface area (Å²) >= 11 is 1.52. The van der Waals surface area contributed by atoms with Gasteiger partial charge in [-0.1, -0.05) is 12.1 Å². The second-order valence-electron chi connectivity index (χ2n) is 5.67. The van der Waals surface area contributed by atoms with Gasteiger partial charge in [-0.2, -0.15) is 0 Å². The molecule has 1 aromatic heterocycles. The van der Waals surface area contributed by atoms with E-state index in [9.17, 15) is 4.79 Å². The van der Waals surface area contributed by atoms with E-state index in [-0.39, 0.29) is 12.7 Å². The molecule has 1 amide bonds. The van der Waals surface area contributed by atoms with Gasteiger partial charge in [0, 0.05) is 17.5 Å². The van der Waals surface area contributed by atoms with Gasteiger partial charge < -0.3 is 19.5 Å². The second-order valence-corrected chi connectivity index (χ2v) is 6.39. The Morgan fingerprint density at radius 3 is 3.00 bits per heavy atom. The van der Waals surface area contributed by atoms with Crippen molar-refractivity contribution in [3.05, 3.63) is 70.2 Å². The fraction of sp³-hybridized carbons (Fsp3) is 0.158. The molecule has 3 aromatic rings. The van der Waals surface area contributed by atoms with Gasteiger partial charge in [0.05, 0.1) is 11.2 Å². The number of thiazole rings is 1. The lowest BCUT2D eigenvalue weighted by Crippen LogP contribution is -2.22. The van der Waals surface area contributed by atoms with Crippen molar-refractivity contribution < 1.29 is 19.0 Å². The minimum Gasteiger partial charge on any atom is -0.487 e. The highest BCUT2D eigenvalue weighted by Gasteiger charge is 2.14. The number of fused-ring (bicyclic) bond motifs is 1. The predicted octanol–water partition coefficient (Wildman–Crippen LogP) is 3.38. The summed E-state index contributed by atoms with van der Waals surface area (Å²) in [6, 6.07) is 12.7. The maximum Gasteiger partial charge on any atom is 0.251 e. The van der Waals surface area contributed by atoms with Crippen LogP contribution in [0.2, 0.25) is 0 Å². The highest BCUT2D eigenvalue weighted by atomic mass is 32.1. The molecule has 0 fully saturated rings. The lowest BCUT2D eigenvalue weighted by molar-refractivity contribution is 0.0950. The predicted molar refractivity (Wildman–Crippen MR) is 96.6 cm³/mol. The van der Waals surface area contributed by atoms with E-state index in [2.05, 4.69) is 10.3 Å². The van der Waals surface area contributed by atoms with E-state index in [0.717, 1.165) is 17.0 Å². The van der Waals surface area contributed by atoms with Gasteiger partial charge in [-0.15, -0.1) is 11.3 Å². The van der Waals surface area contributed by atoms with Crippen LogP contribution in [-0.4, -0.2) is 17.7 Å². The van der Waals surface area contributed by atoms with Crippen LogP contribution in [0.5, 0.6) is 17.2 Å². The van der Waals surface area contributed by atoms with Crippen LogP contribution in [-0.2, 0) is 13.2 Å². The number of hydrogen-bond donors (Lipinski definition) is 1. The number of benzene rings is 2. The fourth-order valence-corrected chi connectivity index (χ4v) is 3.07. The summed E-state index contributed by atoms with van der Waals surface area (Å²) in [6.45, 7) is 1.02. The topological polar surface area (TPSA) is 69.7 Å². The molecule has 0 aliphatic carbocycles. The van der Waals surface area contributed by atoms with Crippen LogP contribution >= 0.6 is 11.3 Å². The highest BCUT2D eigenvalue weighted by Crippen LogP contribution is 2.32.